The van der Waals surface area contributed by atoms with Crippen LogP contribution in [-0.2, 0) is 12.2 Å². The van der Waals surface area contributed by atoms with E-state index in [2.05, 4.69) is 15.5 Å². The Kier molecular flexibility index (Phi) is 4.45. The molecular weight excluding hydrogens is 234 g/mol. The van der Waals surface area contributed by atoms with Gasteiger partial charge in [0.2, 0.25) is 5.89 Å². The van der Waals surface area contributed by atoms with Gasteiger partial charge in [0.15, 0.2) is 5.82 Å². The van der Waals surface area contributed by atoms with Crippen molar-refractivity contribution in [3.05, 3.63) is 11.7 Å². The van der Waals surface area contributed by atoms with E-state index in [1.807, 2.05) is 13.3 Å². The van der Waals surface area contributed by atoms with Crippen molar-refractivity contribution in [3.63, 3.8) is 0 Å². The number of nitrogens with zero attached hydrogens (tertiary/aromatic N) is 2. The topological polar surface area (TPSA) is 51.0 Å². The molecule has 0 atom stereocenters. The summed E-state index contributed by atoms with van der Waals surface area (Å²) in [5, 5.41) is 7.48. The van der Waals surface area contributed by atoms with Crippen molar-refractivity contribution >= 4 is 11.8 Å². The van der Waals surface area contributed by atoms with E-state index in [1.54, 1.807) is 11.8 Å². The molecule has 0 amide bonds. The average molecular weight is 255 g/mol. The lowest BCUT2D eigenvalue weighted by molar-refractivity contribution is 0.221. The third-order valence-corrected chi connectivity index (χ3v) is 4.16. The van der Waals surface area contributed by atoms with E-state index in [0.717, 1.165) is 23.9 Å². The standard InChI is InChI=1S/C12H21N3OS/c1-13-12(6-4-3-5-7-12)8-11-14-10(9-17-2)15-16-11/h13H,3-9H2,1-2H3. The summed E-state index contributed by atoms with van der Waals surface area (Å²) < 4.78 is 5.33. The molecule has 0 unspecified atom stereocenters. The van der Waals surface area contributed by atoms with Crippen molar-refractivity contribution < 1.29 is 4.52 Å². The molecule has 1 aromatic rings. The van der Waals surface area contributed by atoms with E-state index in [4.69, 9.17) is 4.52 Å². The third-order valence-electron chi connectivity index (χ3n) is 3.61. The number of rotatable bonds is 5. The molecule has 0 aliphatic heterocycles. The highest BCUT2D eigenvalue weighted by atomic mass is 32.2. The maximum absolute atomic E-state index is 5.33. The molecule has 1 aromatic heterocycles. The first kappa shape index (κ1) is 12.9. The number of thioether (sulfide) groups is 1. The summed E-state index contributed by atoms with van der Waals surface area (Å²) in [5.41, 5.74) is 0.182. The lowest BCUT2D eigenvalue weighted by Crippen LogP contribution is -2.46. The molecule has 1 N–H and O–H groups in total. The van der Waals surface area contributed by atoms with Crippen molar-refractivity contribution in [1.82, 2.24) is 15.5 Å². The Hall–Kier alpha value is -0.550. The molecule has 17 heavy (non-hydrogen) atoms. The van der Waals surface area contributed by atoms with Crippen LogP contribution in [0.5, 0.6) is 0 Å². The summed E-state index contributed by atoms with van der Waals surface area (Å²) in [6.45, 7) is 0. The summed E-state index contributed by atoms with van der Waals surface area (Å²) in [5.74, 6) is 2.43. The molecule has 96 valence electrons. The first-order chi connectivity index (χ1) is 8.28. The van der Waals surface area contributed by atoms with Crippen LogP contribution >= 0.6 is 11.8 Å². The molecule has 0 saturated heterocycles. The Balaban J connectivity index is 2.01. The van der Waals surface area contributed by atoms with Gasteiger partial charge in [-0.05, 0) is 26.1 Å². The maximum Gasteiger partial charge on any atom is 0.228 e. The van der Waals surface area contributed by atoms with Gasteiger partial charge in [0.05, 0.1) is 5.75 Å². The minimum absolute atomic E-state index is 0.182. The molecule has 0 radical (unpaired) electrons. The molecule has 0 aromatic carbocycles. The Morgan fingerprint density at radius 3 is 2.76 bits per heavy atom. The van der Waals surface area contributed by atoms with Gasteiger partial charge in [0.25, 0.3) is 0 Å². The van der Waals surface area contributed by atoms with Gasteiger partial charge in [-0.2, -0.15) is 16.7 Å². The highest BCUT2D eigenvalue weighted by Gasteiger charge is 2.32. The molecule has 2 rings (SSSR count). The van der Waals surface area contributed by atoms with Crippen LogP contribution < -0.4 is 5.32 Å². The predicted molar refractivity (Wildman–Crippen MR) is 70.1 cm³/mol. The van der Waals surface area contributed by atoms with E-state index in [9.17, 15) is 0 Å². The lowest BCUT2D eigenvalue weighted by Gasteiger charge is -2.36. The second kappa shape index (κ2) is 5.87. The van der Waals surface area contributed by atoms with Crippen LogP contribution in [-0.4, -0.2) is 29.0 Å². The number of aromatic nitrogens is 2. The Labute approximate surface area is 107 Å². The van der Waals surface area contributed by atoms with Crippen LogP contribution in [0.2, 0.25) is 0 Å². The molecule has 1 aliphatic carbocycles. The smallest absolute Gasteiger partial charge is 0.228 e. The van der Waals surface area contributed by atoms with Gasteiger partial charge < -0.3 is 9.84 Å². The normalized spacial score (nSPS) is 19.4. The van der Waals surface area contributed by atoms with Gasteiger partial charge in [-0.25, -0.2) is 0 Å². The van der Waals surface area contributed by atoms with Crippen LogP contribution in [0.25, 0.3) is 0 Å². The highest BCUT2D eigenvalue weighted by Crippen LogP contribution is 2.30. The molecule has 5 heteroatoms. The third kappa shape index (κ3) is 3.22. The van der Waals surface area contributed by atoms with E-state index < -0.39 is 0 Å². The maximum atomic E-state index is 5.33. The van der Waals surface area contributed by atoms with Crippen molar-refractivity contribution in [2.75, 3.05) is 13.3 Å². The zero-order chi connectivity index (χ0) is 12.1. The van der Waals surface area contributed by atoms with Crippen molar-refractivity contribution in [1.29, 1.82) is 0 Å². The van der Waals surface area contributed by atoms with E-state index >= 15 is 0 Å². The molecule has 1 saturated carbocycles. The van der Waals surface area contributed by atoms with Gasteiger partial charge in [-0.15, -0.1) is 0 Å². The van der Waals surface area contributed by atoms with E-state index in [-0.39, 0.29) is 5.54 Å². The minimum Gasteiger partial charge on any atom is -0.339 e. The number of hydrogen-bond donors (Lipinski definition) is 1. The van der Waals surface area contributed by atoms with Crippen LogP contribution in [0.4, 0.5) is 0 Å². The average Bonchev–Trinajstić information content (AvgIpc) is 2.78. The number of likely N-dealkylation sites (N-methyl/N-ethyl adjacent to an activating group) is 1. The monoisotopic (exact) mass is 255 g/mol. The zero-order valence-corrected chi connectivity index (χ0v) is 11.5. The molecule has 4 nitrogen and oxygen atoms in total. The second-order valence-corrected chi connectivity index (χ2v) is 5.67. The van der Waals surface area contributed by atoms with Gasteiger partial charge >= 0.3 is 0 Å². The predicted octanol–water partition coefficient (Wildman–Crippen LogP) is 2.40. The molecule has 1 aliphatic rings. The van der Waals surface area contributed by atoms with Gasteiger partial charge in [-0.1, -0.05) is 24.4 Å². The fourth-order valence-electron chi connectivity index (χ4n) is 2.58. The van der Waals surface area contributed by atoms with Gasteiger partial charge in [-0.3, -0.25) is 0 Å². The van der Waals surface area contributed by atoms with Crippen molar-refractivity contribution in [2.45, 2.75) is 49.8 Å². The number of nitrogens with one attached hydrogen (secondary N) is 1. The Morgan fingerprint density at radius 2 is 2.12 bits per heavy atom. The fourth-order valence-corrected chi connectivity index (χ4v) is 2.96. The molecule has 1 heterocycles. The van der Waals surface area contributed by atoms with E-state index in [1.165, 1.54) is 32.1 Å². The SMILES string of the molecule is CNC1(Cc2nc(CSC)no2)CCCCC1. The Morgan fingerprint density at radius 1 is 1.35 bits per heavy atom. The lowest BCUT2D eigenvalue weighted by atomic mass is 9.79. The summed E-state index contributed by atoms with van der Waals surface area (Å²) in [6.07, 6.45) is 9.29. The largest absolute Gasteiger partial charge is 0.339 e. The highest BCUT2D eigenvalue weighted by molar-refractivity contribution is 7.97. The summed E-state index contributed by atoms with van der Waals surface area (Å²) in [4.78, 5) is 4.45. The number of hydrogen-bond acceptors (Lipinski definition) is 5. The summed E-state index contributed by atoms with van der Waals surface area (Å²) in [6, 6.07) is 0. The molecular formula is C12H21N3OS. The first-order valence-electron chi connectivity index (χ1n) is 6.27. The van der Waals surface area contributed by atoms with Crippen LogP contribution in [0, 0.1) is 0 Å². The van der Waals surface area contributed by atoms with Crippen LogP contribution in [0.1, 0.15) is 43.8 Å². The van der Waals surface area contributed by atoms with Gasteiger partial charge in [0, 0.05) is 12.0 Å². The van der Waals surface area contributed by atoms with Gasteiger partial charge in [0.1, 0.15) is 0 Å². The fraction of sp³-hybridized carbons (Fsp3) is 0.833. The molecule has 0 spiro atoms. The van der Waals surface area contributed by atoms with Crippen LogP contribution in [0.3, 0.4) is 0 Å². The minimum atomic E-state index is 0.182. The zero-order valence-electron chi connectivity index (χ0n) is 10.7. The second-order valence-electron chi connectivity index (χ2n) is 4.81. The molecule has 1 fully saturated rings. The van der Waals surface area contributed by atoms with E-state index in [0.29, 0.717) is 0 Å². The quantitative estimate of drug-likeness (QED) is 0.875. The Bertz CT molecular complexity index is 347. The van der Waals surface area contributed by atoms with Crippen LogP contribution in [0.15, 0.2) is 4.52 Å². The summed E-state index contributed by atoms with van der Waals surface area (Å²) in [7, 11) is 2.05. The summed E-state index contributed by atoms with van der Waals surface area (Å²) >= 11 is 1.72. The van der Waals surface area contributed by atoms with Crippen molar-refractivity contribution in [3.8, 4) is 0 Å². The molecule has 0 bridgehead atoms. The first-order valence-corrected chi connectivity index (χ1v) is 7.67. The van der Waals surface area contributed by atoms with Crippen molar-refractivity contribution in [2.24, 2.45) is 0 Å².